The van der Waals surface area contributed by atoms with Crippen LogP contribution in [0, 0.1) is 24.2 Å². The van der Waals surface area contributed by atoms with Gasteiger partial charge in [-0.1, -0.05) is 12.1 Å². The van der Waals surface area contributed by atoms with Crippen molar-refractivity contribution in [3.63, 3.8) is 0 Å². The van der Waals surface area contributed by atoms with Gasteiger partial charge in [-0.15, -0.1) is 26.0 Å². The number of nitrogens with zero attached hydrogens (tertiary/aromatic N) is 3. The Kier molecular flexibility index (Phi) is 9.58. The second kappa shape index (κ2) is 12.2. The van der Waals surface area contributed by atoms with Gasteiger partial charge in [0.15, 0.2) is 0 Å². The maximum absolute atomic E-state index is 12.8. The van der Waals surface area contributed by atoms with Crippen LogP contribution in [0.2, 0.25) is 0 Å². The highest BCUT2D eigenvalue weighted by molar-refractivity contribution is 5.60. The Bertz CT molecular complexity index is 979. The third-order valence-electron chi connectivity index (χ3n) is 5.48. The quantitative estimate of drug-likeness (QED) is 0.357. The van der Waals surface area contributed by atoms with E-state index in [9.17, 15) is 18.4 Å². The summed E-state index contributed by atoms with van der Waals surface area (Å²) in [5, 5.41) is 9.26. The molecule has 1 aromatic heterocycles. The fourth-order valence-corrected chi connectivity index (χ4v) is 3.71. The Morgan fingerprint density at radius 2 is 1.91 bits per heavy atom. The van der Waals surface area contributed by atoms with E-state index in [1.807, 2.05) is 32.9 Å². The highest BCUT2D eigenvalue weighted by atomic mass is 19.4. The summed E-state index contributed by atoms with van der Waals surface area (Å²) >= 11 is 0. The molecule has 3 rings (SSSR count). The number of nitriles is 1. The number of hydrogen-bond acceptors (Lipinski definition) is 6. The van der Waals surface area contributed by atoms with Crippen molar-refractivity contribution in [3.8, 4) is 24.7 Å². The predicted molar refractivity (Wildman–Crippen MR) is 127 cm³/mol. The molecular formula is C25H30F3N5O. The summed E-state index contributed by atoms with van der Waals surface area (Å²) in [6, 6.07) is 10.4. The molecule has 1 atom stereocenters. The molecule has 2 aromatic rings. The fourth-order valence-electron chi connectivity index (χ4n) is 3.71. The molecule has 1 unspecified atom stereocenters. The number of nitrogens with one attached hydrogen (secondary N) is 2. The summed E-state index contributed by atoms with van der Waals surface area (Å²) in [6.45, 7) is 6.02. The zero-order valence-electron chi connectivity index (χ0n) is 19.6. The smallest absolute Gasteiger partial charge is 0.406 e. The molecule has 0 bridgehead atoms. The Hall–Kier alpha value is -3.43. The first-order valence-corrected chi connectivity index (χ1v) is 11.0. The average molecular weight is 474 g/mol. The van der Waals surface area contributed by atoms with E-state index in [0.717, 1.165) is 24.8 Å². The van der Waals surface area contributed by atoms with Gasteiger partial charge in [0.1, 0.15) is 11.6 Å². The van der Waals surface area contributed by atoms with Crippen LogP contribution in [0.5, 0.6) is 5.75 Å². The molecule has 0 saturated heterocycles. The van der Waals surface area contributed by atoms with Crippen molar-refractivity contribution in [1.29, 1.82) is 5.26 Å². The van der Waals surface area contributed by atoms with E-state index in [1.54, 1.807) is 12.3 Å². The number of halogens is 3. The van der Waals surface area contributed by atoms with Crippen LogP contribution in [0.1, 0.15) is 57.2 Å². The first-order valence-electron chi connectivity index (χ1n) is 11.0. The van der Waals surface area contributed by atoms with Crippen LogP contribution in [0.4, 0.5) is 24.7 Å². The van der Waals surface area contributed by atoms with E-state index >= 15 is 0 Å². The van der Waals surface area contributed by atoms with E-state index in [4.69, 9.17) is 0 Å². The minimum absolute atomic E-state index is 0.0968. The maximum Gasteiger partial charge on any atom is 0.573 e. The molecule has 182 valence electrons. The Balaban J connectivity index is 0.00000199. The molecule has 6 nitrogen and oxygen atoms in total. The number of anilines is 2. The van der Waals surface area contributed by atoms with Gasteiger partial charge in [-0.2, -0.15) is 5.26 Å². The summed E-state index contributed by atoms with van der Waals surface area (Å²) < 4.78 is 42.6. The zero-order chi connectivity index (χ0) is 25.3. The summed E-state index contributed by atoms with van der Waals surface area (Å²) in [5.74, 6) is 0.388. The van der Waals surface area contributed by atoms with Gasteiger partial charge >= 0.3 is 6.36 Å². The van der Waals surface area contributed by atoms with Crippen LogP contribution < -0.4 is 20.5 Å². The normalized spacial score (nSPS) is 14.2. The van der Waals surface area contributed by atoms with Crippen molar-refractivity contribution in [2.45, 2.75) is 70.9 Å². The predicted octanol–water partition coefficient (Wildman–Crippen LogP) is 5.74. The van der Waals surface area contributed by atoms with Gasteiger partial charge < -0.3 is 15.1 Å². The second-order valence-corrected chi connectivity index (χ2v) is 8.24. The summed E-state index contributed by atoms with van der Waals surface area (Å²) in [7, 11) is 0. The topological polar surface area (TPSA) is 73.2 Å². The minimum Gasteiger partial charge on any atom is -0.406 e. The molecule has 1 aliphatic rings. The van der Waals surface area contributed by atoms with Crippen LogP contribution in [0.15, 0.2) is 36.5 Å². The molecule has 1 fully saturated rings. The summed E-state index contributed by atoms with van der Waals surface area (Å²) in [5.41, 5.74) is 8.31. The molecule has 1 saturated carbocycles. The molecule has 2 N–H and O–H groups in total. The number of hydrazine groups is 1. The molecule has 9 heteroatoms. The molecule has 0 radical (unpaired) electrons. The molecule has 1 aliphatic carbocycles. The molecule has 1 aromatic carbocycles. The number of ether oxygens (including phenoxy) is 1. The molecule has 0 aliphatic heterocycles. The van der Waals surface area contributed by atoms with Crippen molar-refractivity contribution in [1.82, 2.24) is 10.4 Å². The lowest BCUT2D eigenvalue weighted by Gasteiger charge is -2.44. The lowest BCUT2D eigenvalue weighted by Crippen LogP contribution is -2.42. The highest BCUT2D eigenvalue weighted by Gasteiger charge is 2.34. The summed E-state index contributed by atoms with van der Waals surface area (Å²) in [4.78, 5) is 6.56. The van der Waals surface area contributed by atoms with Gasteiger partial charge in [-0.05, 0) is 63.3 Å². The first-order chi connectivity index (χ1) is 16.2. The summed E-state index contributed by atoms with van der Waals surface area (Å²) in [6.07, 6.45) is 8.01. The van der Waals surface area contributed by atoms with Crippen molar-refractivity contribution in [3.05, 3.63) is 47.7 Å². The number of alkyl halides is 3. The SMILES string of the molecule is C#C.CC(C)NNc1ccc(C(C)N(c2cc(OC(F)(F)F)ccc2CC#N)C2CCC2)cn1. The minimum atomic E-state index is -4.78. The lowest BCUT2D eigenvalue weighted by atomic mass is 9.88. The zero-order valence-corrected chi connectivity index (χ0v) is 19.6. The maximum atomic E-state index is 12.8. The van der Waals surface area contributed by atoms with Gasteiger partial charge in [0.05, 0.1) is 18.5 Å². The average Bonchev–Trinajstić information content (AvgIpc) is 2.76. The number of pyridine rings is 1. The third-order valence-corrected chi connectivity index (χ3v) is 5.48. The molecule has 0 amide bonds. The van der Waals surface area contributed by atoms with Crippen LogP contribution in [0.3, 0.4) is 0 Å². The first kappa shape index (κ1) is 26.8. The van der Waals surface area contributed by atoms with E-state index in [-0.39, 0.29) is 30.3 Å². The Morgan fingerprint density at radius 3 is 2.41 bits per heavy atom. The van der Waals surface area contributed by atoms with E-state index in [2.05, 4.69) is 44.4 Å². The van der Waals surface area contributed by atoms with Crippen molar-refractivity contribution in [2.75, 3.05) is 10.3 Å². The van der Waals surface area contributed by atoms with Crippen molar-refractivity contribution in [2.24, 2.45) is 0 Å². The van der Waals surface area contributed by atoms with Gasteiger partial charge in [0.2, 0.25) is 0 Å². The number of benzene rings is 1. The van der Waals surface area contributed by atoms with Gasteiger partial charge in [0, 0.05) is 30.0 Å². The molecule has 0 spiro atoms. The largest absolute Gasteiger partial charge is 0.573 e. The van der Waals surface area contributed by atoms with E-state index in [1.165, 1.54) is 12.1 Å². The van der Waals surface area contributed by atoms with Crippen LogP contribution >= 0.6 is 0 Å². The number of hydrogen-bond donors (Lipinski definition) is 2. The monoisotopic (exact) mass is 473 g/mol. The number of aromatic nitrogens is 1. The highest BCUT2D eigenvalue weighted by Crippen LogP contribution is 2.40. The Labute approximate surface area is 199 Å². The second-order valence-electron chi connectivity index (χ2n) is 8.24. The van der Waals surface area contributed by atoms with Crippen LogP contribution in [0.25, 0.3) is 0 Å². The molecule has 1 heterocycles. The van der Waals surface area contributed by atoms with Crippen molar-refractivity contribution < 1.29 is 17.9 Å². The lowest BCUT2D eigenvalue weighted by molar-refractivity contribution is -0.274. The van der Waals surface area contributed by atoms with Crippen molar-refractivity contribution >= 4 is 11.5 Å². The van der Waals surface area contributed by atoms with E-state index in [0.29, 0.717) is 17.1 Å². The van der Waals surface area contributed by atoms with Crippen LogP contribution in [-0.4, -0.2) is 23.4 Å². The van der Waals surface area contributed by atoms with E-state index < -0.39 is 6.36 Å². The molecular weight excluding hydrogens is 443 g/mol. The number of rotatable bonds is 9. The van der Waals surface area contributed by atoms with Gasteiger partial charge in [0.25, 0.3) is 0 Å². The van der Waals surface area contributed by atoms with Gasteiger partial charge in [-0.3, -0.25) is 0 Å². The Morgan fingerprint density at radius 1 is 1.21 bits per heavy atom. The molecule has 34 heavy (non-hydrogen) atoms. The fraction of sp³-hybridized carbons (Fsp3) is 0.440. The van der Waals surface area contributed by atoms with Crippen LogP contribution in [-0.2, 0) is 6.42 Å². The standard InChI is InChI=1S/C23H28F3N5O.C2H2/c1-15(2)29-30-22-10-8-18(14-28-22)16(3)31(19-5-4-6-19)21-13-20(32-23(24,25)26)9-7-17(21)11-12-27;1-2/h7-10,13-16,19,29H,4-6,11H2,1-3H3,(H,28,30);1-2H. The number of terminal acetylenes is 1. The third kappa shape index (κ3) is 7.29. The van der Waals surface area contributed by atoms with Gasteiger partial charge in [-0.25, -0.2) is 10.4 Å².